The summed E-state index contributed by atoms with van der Waals surface area (Å²) in [6, 6.07) is 6.21. The van der Waals surface area contributed by atoms with Crippen molar-refractivity contribution in [2.45, 2.75) is 63.7 Å². The molecule has 4 heteroatoms. The number of amides is 1. The molecule has 1 aliphatic heterocycles. The van der Waals surface area contributed by atoms with Crippen LogP contribution in [0.15, 0.2) is 24.4 Å². The molecule has 1 aliphatic carbocycles. The van der Waals surface area contributed by atoms with Gasteiger partial charge in [-0.1, -0.05) is 32.1 Å². The predicted molar refractivity (Wildman–Crippen MR) is 109 cm³/mol. The number of hydrogen-bond acceptors (Lipinski definition) is 2. The number of methoxy groups -OCH3 is 1. The summed E-state index contributed by atoms with van der Waals surface area (Å²) >= 11 is 0. The molecule has 4 rings (SSSR count). The number of piperidine rings is 1. The van der Waals surface area contributed by atoms with E-state index in [1.54, 1.807) is 7.11 Å². The van der Waals surface area contributed by atoms with Gasteiger partial charge in [0, 0.05) is 36.6 Å². The Balaban J connectivity index is 1.32. The zero-order chi connectivity index (χ0) is 18.6. The number of carbonyl (C=O) groups is 1. The maximum Gasteiger partial charge on any atom is 0.222 e. The number of nitrogens with one attached hydrogen (secondary N) is 1. The Hall–Kier alpha value is -1.97. The normalized spacial score (nSPS) is 19.5. The van der Waals surface area contributed by atoms with Crippen LogP contribution in [0.3, 0.4) is 0 Å². The second kappa shape index (κ2) is 8.37. The summed E-state index contributed by atoms with van der Waals surface area (Å²) in [4.78, 5) is 18.1. The smallest absolute Gasteiger partial charge is 0.222 e. The average Bonchev–Trinajstić information content (AvgIpc) is 3.16. The van der Waals surface area contributed by atoms with Crippen molar-refractivity contribution in [1.82, 2.24) is 9.88 Å². The molecular formula is C23H32N2O2. The standard InChI is InChI=1S/C23H32N2O2/c1-27-19-8-9-22-20(15-19)21(16-24-22)18-11-13-25(14-12-18)23(26)10-7-17-5-3-2-4-6-17/h8-9,15-18,24H,2-7,10-14H2,1H3. The van der Waals surface area contributed by atoms with Gasteiger partial charge in [0.05, 0.1) is 7.11 Å². The molecule has 1 amide bonds. The molecule has 27 heavy (non-hydrogen) atoms. The van der Waals surface area contributed by atoms with Gasteiger partial charge in [-0.3, -0.25) is 4.79 Å². The monoisotopic (exact) mass is 368 g/mol. The van der Waals surface area contributed by atoms with Gasteiger partial charge >= 0.3 is 0 Å². The number of hydrogen-bond donors (Lipinski definition) is 1. The van der Waals surface area contributed by atoms with Crippen LogP contribution in [-0.4, -0.2) is 36.0 Å². The van der Waals surface area contributed by atoms with Crippen LogP contribution in [0, 0.1) is 5.92 Å². The van der Waals surface area contributed by atoms with E-state index < -0.39 is 0 Å². The number of rotatable bonds is 5. The molecule has 2 aliphatic rings. The van der Waals surface area contributed by atoms with Gasteiger partial charge in [0.25, 0.3) is 0 Å². The van der Waals surface area contributed by atoms with Crippen LogP contribution in [0.2, 0.25) is 0 Å². The van der Waals surface area contributed by atoms with E-state index in [-0.39, 0.29) is 0 Å². The van der Waals surface area contributed by atoms with Crippen LogP contribution >= 0.6 is 0 Å². The Kier molecular flexibility index (Phi) is 5.70. The molecule has 0 atom stereocenters. The zero-order valence-electron chi connectivity index (χ0n) is 16.5. The minimum absolute atomic E-state index is 0.375. The van der Waals surface area contributed by atoms with Crippen LogP contribution in [0.25, 0.3) is 10.9 Å². The van der Waals surface area contributed by atoms with Crippen LogP contribution in [0.5, 0.6) is 5.75 Å². The van der Waals surface area contributed by atoms with Crippen LogP contribution in [0.4, 0.5) is 0 Å². The fourth-order valence-corrected chi connectivity index (χ4v) is 4.99. The first kappa shape index (κ1) is 18.4. The minimum Gasteiger partial charge on any atom is -0.497 e. The third-order valence-electron chi connectivity index (χ3n) is 6.70. The quantitative estimate of drug-likeness (QED) is 0.784. The number of fused-ring (bicyclic) bond motifs is 1. The molecule has 0 unspecified atom stereocenters. The molecule has 2 heterocycles. The van der Waals surface area contributed by atoms with E-state index in [2.05, 4.69) is 28.2 Å². The van der Waals surface area contributed by atoms with Crippen LogP contribution in [0.1, 0.15) is 69.3 Å². The number of nitrogens with zero attached hydrogens (tertiary/aromatic N) is 1. The second-order valence-electron chi connectivity index (χ2n) is 8.35. The predicted octanol–water partition coefficient (Wildman–Crippen LogP) is 5.24. The molecule has 1 N–H and O–H groups in total. The van der Waals surface area contributed by atoms with Gasteiger partial charge < -0.3 is 14.6 Å². The lowest BCUT2D eigenvalue weighted by Gasteiger charge is -2.32. The van der Waals surface area contributed by atoms with Crippen molar-refractivity contribution < 1.29 is 9.53 Å². The van der Waals surface area contributed by atoms with Crippen molar-refractivity contribution in [3.05, 3.63) is 30.0 Å². The summed E-state index contributed by atoms with van der Waals surface area (Å²) in [6.45, 7) is 1.79. The highest BCUT2D eigenvalue weighted by molar-refractivity contribution is 5.85. The van der Waals surface area contributed by atoms with Crippen molar-refractivity contribution in [1.29, 1.82) is 0 Å². The summed E-state index contributed by atoms with van der Waals surface area (Å²) in [5.74, 6) is 2.59. The fourth-order valence-electron chi connectivity index (χ4n) is 4.99. The number of likely N-dealkylation sites (tertiary alicyclic amines) is 1. The summed E-state index contributed by atoms with van der Waals surface area (Å²) in [6.07, 6.45) is 12.9. The van der Waals surface area contributed by atoms with Crippen molar-refractivity contribution in [3.8, 4) is 5.75 Å². The van der Waals surface area contributed by atoms with Crippen molar-refractivity contribution in [2.24, 2.45) is 5.92 Å². The zero-order valence-corrected chi connectivity index (χ0v) is 16.5. The van der Waals surface area contributed by atoms with Gasteiger partial charge in [0.15, 0.2) is 0 Å². The molecule has 1 aromatic heterocycles. The van der Waals surface area contributed by atoms with Gasteiger partial charge in [0.2, 0.25) is 5.91 Å². The van der Waals surface area contributed by atoms with Gasteiger partial charge in [-0.15, -0.1) is 0 Å². The lowest BCUT2D eigenvalue weighted by atomic mass is 9.85. The maximum absolute atomic E-state index is 12.6. The summed E-state index contributed by atoms with van der Waals surface area (Å²) in [5, 5.41) is 1.26. The molecule has 2 aromatic rings. The number of ether oxygens (including phenoxy) is 1. The van der Waals surface area contributed by atoms with Gasteiger partial charge in [0.1, 0.15) is 5.75 Å². The topological polar surface area (TPSA) is 45.3 Å². The lowest BCUT2D eigenvalue weighted by molar-refractivity contribution is -0.132. The van der Waals surface area contributed by atoms with E-state index >= 15 is 0 Å². The Labute approximate surface area is 162 Å². The largest absolute Gasteiger partial charge is 0.497 e. The molecule has 4 nitrogen and oxygen atoms in total. The molecule has 0 bridgehead atoms. The molecule has 1 saturated carbocycles. The molecule has 0 spiro atoms. The Morgan fingerprint density at radius 3 is 2.67 bits per heavy atom. The first-order valence-corrected chi connectivity index (χ1v) is 10.7. The third-order valence-corrected chi connectivity index (χ3v) is 6.70. The third kappa shape index (κ3) is 4.15. The van der Waals surface area contributed by atoms with Crippen LogP contribution < -0.4 is 4.74 Å². The number of H-pyrrole nitrogens is 1. The van der Waals surface area contributed by atoms with E-state index in [9.17, 15) is 4.79 Å². The molecule has 2 fully saturated rings. The average molecular weight is 369 g/mol. The molecule has 1 saturated heterocycles. The maximum atomic E-state index is 12.6. The Bertz CT molecular complexity index is 768. The minimum atomic E-state index is 0.375. The highest BCUT2D eigenvalue weighted by Crippen LogP contribution is 2.35. The lowest BCUT2D eigenvalue weighted by Crippen LogP contribution is -2.38. The first-order chi connectivity index (χ1) is 13.2. The molecule has 1 aromatic carbocycles. The van der Waals surface area contributed by atoms with Crippen molar-refractivity contribution in [2.75, 3.05) is 20.2 Å². The second-order valence-corrected chi connectivity index (χ2v) is 8.35. The summed E-state index contributed by atoms with van der Waals surface area (Å²) in [7, 11) is 1.71. The highest BCUT2D eigenvalue weighted by atomic mass is 16.5. The molecular weight excluding hydrogens is 336 g/mol. The van der Waals surface area contributed by atoms with Crippen LogP contribution in [-0.2, 0) is 4.79 Å². The summed E-state index contributed by atoms with van der Waals surface area (Å²) in [5.41, 5.74) is 2.54. The number of aromatic amines is 1. The van der Waals surface area contributed by atoms with E-state index in [0.717, 1.165) is 56.0 Å². The number of benzene rings is 1. The molecule has 146 valence electrons. The highest BCUT2D eigenvalue weighted by Gasteiger charge is 2.26. The van der Waals surface area contributed by atoms with E-state index in [4.69, 9.17) is 4.74 Å². The van der Waals surface area contributed by atoms with Gasteiger partial charge in [-0.2, -0.15) is 0 Å². The summed E-state index contributed by atoms with van der Waals surface area (Å²) < 4.78 is 5.39. The van der Waals surface area contributed by atoms with E-state index in [0.29, 0.717) is 11.8 Å². The van der Waals surface area contributed by atoms with Crippen molar-refractivity contribution in [3.63, 3.8) is 0 Å². The van der Waals surface area contributed by atoms with E-state index in [1.807, 2.05) is 6.07 Å². The Morgan fingerprint density at radius 2 is 1.93 bits per heavy atom. The number of carbonyl (C=O) groups excluding carboxylic acids is 1. The van der Waals surface area contributed by atoms with Gasteiger partial charge in [-0.25, -0.2) is 0 Å². The number of aromatic nitrogens is 1. The first-order valence-electron chi connectivity index (χ1n) is 10.7. The van der Waals surface area contributed by atoms with E-state index in [1.165, 1.54) is 43.1 Å². The Morgan fingerprint density at radius 1 is 1.15 bits per heavy atom. The van der Waals surface area contributed by atoms with Crippen molar-refractivity contribution >= 4 is 16.8 Å². The fraction of sp³-hybridized carbons (Fsp3) is 0.609. The molecule has 0 radical (unpaired) electrons. The SMILES string of the molecule is COc1ccc2[nH]cc(C3CCN(C(=O)CCC4CCCCC4)CC3)c2c1. The van der Waals surface area contributed by atoms with Gasteiger partial charge in [-0.05, 0) is 54.9 Å².